The Balaban J connectivity index is 1.96. The van der Waals surface area contributed by atoms with Gasteiger partial charge in [0.25, 0.3) is 0 Å². The largest absolute Gasteiger partial charge is 0.381 e. The van der Waals surface area contributed by atoms with E-state index >= 15 is 0 Å². The van der Waals surface area contributed by atoms with Crippen LogP contribution >= 0.6 is 0 Å². The van der Waals surface area contributed by atoms with Crippen molar-refractivity contribution in [3.63, 3.8) is 0 Å². The average molecular weight is 275 g/mol. The Morgan fingerprint density at radius 1 is 1.33 bits per heavy atom. The lowest BCUT2D eigenvalue weighted by Crippen LogP contribution is -2.48. The highest BCUT2D eigenvalue weighted by Gasteiger charge is 2.45. The van der Waals surface area contributed by atoms with Gasteiger partial charge in [-0.3, -0.25) is 0 Å². The quantitative estimate of drug-likeness (QED) is 0.776. The Hall–Kier alpha value is -0.130. The molecule has 18 heavy (non-hydrogen) atoms. The first-order valence-electron chi connectivity index (χ1n) is 6.88. The van der Waals surface area contributed by atoms with Gasteiger partial charge in [-0.25, -0.2) is 8.42 Å². The minimum absolute atomic E-state index is 0.279. The zero-order valence-corrected chi connectivity index (χ0v) is 12.3. The smallest absolute Gasteiger partial charge is 0.148 e. The van der Waals surface area contributed by atoms with Crippen molar-refractivity contribution in [2.75, 3.05) is 38.8 Å². The maximum absolute atomic E-state index is 11.3. The van der Waals surface area contributed by atoms with Crippen LogP contribution in [0.2, 0.25) is 0 Å². The first kappa shape index (κ1) is 14.3. The second-order valence-electron chi connectivity index (χ2n) is 5.99. The van der Waals surface area contributed by atoms with Crippen LogP contribution in [0.25, 0.3) is 0 Å². The van der Waals surface area contributed by atoms with Gasteiger partial charge < -0.3 is 9.64 Å². The van der Waals surface area contributed by atoms with E-state index < -0.39 is 9.84 Å². The number of sulfone groups is 1. The summed E-state index contributed by atoms with van der Waals surface area (Å²) in [7, 11) is -1.04. The predicted molar refractivity (Wildman–Crippen MR) is 72.5 cm³/mol. The third-order valence-electron chi connectivity index (χ3n) is 4.57. The van der Waals surface area contributed by atoms with Gasteiger partial charge in [0.2, 0.25) is 0 Å². The maximum atomic E-state index is 11.3. The molecule has 2 rings (SSSR count). The molecule has 1 spiro atoms. The molecule has 1 aliphatic heterocycles. The van der Waals surface area contributed by atoms with Crippen LogP contribution in [0.4, 0.5) is 0 Å². The molecule has 2 fully saturated rings. The van der Waals surface area contributed by atoms with Gasteiger partial charge in [0.15, 0.2) is 0 Å². The first-order valence-corrected chi connectivity index (χ1v) is 8.94. The van der Waals surface area contributed by atoms with Crippen molar-refractivity contribution in [3.05, 3.63) is 0 Å². The molecular formula is C13H25NO3S. The van der Waals surface area contributed by atoms with Gasteiger partial charge in [0.1, 0.15) is 9.84 Å². The second-order valence-corrected chi connectivity index (χ2v) is 8.25. The molecule has 2 atom stereocenters. The Kier molecular flexibility index (Phi) is 4.34. The van der Waals surface area contributed by atoms with Crippen molar-refractivity contribution in [1.29, 1.82) is 0 Å². The van der Waals surface area contributed by atoms with Gasteiger partial charge in [-0.15, -0.1) is 0 Å². The van der Waals surface area contributed by atoms with Crippen molar-refractivity contribution in [2.45, 2.75) is 38.2 Å². The molecule has 1 aliphatic carbocycles. The minimum Gasteiger partial charge on any atom is -0.381 e. The molecule has 0 radical (unpaired) electrons. The number of hydrogen-bond donors (Lipinski definition) is 0. The molecule has 0 aromatic heterocycles. The standard InChI is InChI=1S/C13H25NO3S/c1-17-12-5-3-6-13(12)7-4-8-14(11-13)9-10-18(2,15)16/h12H,3-11H2,1-2H3/t12-,13-/m1/s1. The lowest BCUT2D eigenvalue weighted by Gasteiger charge is -2.43. The molecule has 0 amide bonds. The summed E-state index contributed by atoms with van der Waals surface area (Å²) >= 11 is 0. The normalized spacial score (nSPS) is 34.2. The van der Waals surface area contributed by atoms with Gasteiger partial charge in [-0.1, -0.05) is 6.42 Å². The van der Waals surface area contributed by atoms with E-state index in [4.69, 9.17) is 4.74 Å². The second kappa shape index (κ2) is 5.47. The fourth-order valence-corrected chi connectivity index (χ4v) is 4.28. The van der Waals surface area contributed by atoms with Gasteiger partial charge in [-0.05, 0) is 32.2 Å². The summed E-state index contributed by atoms with van der Waals surface area (Å²) in [5, 5.41) is 0. The zero-order chi connectivity index (χ0) is 13.2. The van der Waals surface area contributed by atoms with Crippen LogP contribution in [-0.4, -0.2) is 58.2 Å². The van der Waals surface area contributed by atoms with Crippen LogP contribution < -0.4 is 0 Å². The number of rotatable bonds is 4. The average Bonchev–Trinajstić information content (AvgIpc) is 2.68. The number of hydrogen-bond acceptors (Lipinski definition) is 4. The Morgan fingerprint density at radius 2 is 2.06 bits per heavy atom. The fourth-order valence-electron chi connectivity index (χ4n) is 3.69. The van der Waals surface area contributed by atoms with E-state index in [1.54, 1.807) is 0 Å². The van der Waals surface area contributed by atoms with Crippen LogP contribution in [0, 0.1) is 5.41 Å². The van der Waals surface area contributed by atoms with Crippen LogP contribution in [0.15, 0.2) is 0 Å². The van der Waals surface area contributed by atoms with E-state index in [1.165, 1.54) is 31.9 Å². The van der Waals surface area contributed by atoms with Crippen LogP contribution in [0.1, 0.15) is 32.1 Å². The van der Waals surface area contributed by atoms with E-state index in [0.717, 1.165) is 19.5 Å². The number of nitrogens with zero attached hydrogens (tertiary/aromatic N) is 1. The van der Waals surface area contributed by atoms with Crippen molar-refractivity contribution in [3.8, 4) is 0 Å². The topological polar surface area (TPSA) is 46.6 Å². The molecule has 0 aromatic carbocycles. The molecule has 1 saturated carbocycles. The van der Waals surface area contributed by atoms with Crippen LogP contribution in [-0.2, 0) is 14.6 Å². The predicted octanol–water partition coefficient (Wildman–Crippen LogP) is 1.31. The number of piperidine rings is 1. The summed E-state index contributed by atoms with van der Waals surface area (Å²) in [5.41, 5.74) is 0.296. The number of methoxy groups -OCH3 is 1. The van der Waals surface area contributed by atoms with Crippen molar-refractivity contribution in [1.82, 2.24) is 4.90 Å². The first-order chi connectivity index (χ1) is 8.45. The highest BCUT2D eigenvalue weighted by molar-refractivity contribution is 7.90. The van der Waals surface area contributed by atoms with Gasteiger partial charge in [-0.2, -0.15) is 0 Å². The van der Waals surface area contributed by atoms with E-state index in [9.17, 15) is 8.42 Å². The molecule has 106 valence electrons. The van der Waals surface area contributed by atoms with Crippen LogP contribution in [0.3, 0.4) is 0 Å². The molecular weight excluding hydrogens is 250 g/mol. The zero-order valence-electron chi connectivity index (χ0n) is 11.5. The highest BCUT2D eigenvalue weighted by atomic mass is 32.2. The lowest BCUT2D eigenvalue weighted by molar-refractivity contribution is -0.0333. The Morgan fingerprint density at radius 3 is 2.72 bits per heavy atom. The van der Waals surface area contributed by atoms with Crippen LogP contribution in [0.5, 0.6) is 0 Å². The van der Waals surface area contributed by atoms with Gasteiger partial charge >= 0.3 is 0 Å². The molecule has 0 N–H and O–H groups in total. The number of ether oxygens (including phenoxy) is 1. The summed E-state index contributed by atoms with van der Waals surface area (Å²) in [6.07, 6.45) is 7.75. The summed E-state index contributed by atoms with van der Waals surface area (Å²) in [4.78, 5) is 2.32. The highest BCUT2D eigenvalue weighted by Crippen LogP contribution is 2.46. The summed E-state index contributed by atoms with van der Waals surface area (Å²) in [6.45, 7) is 2.73. The Bertz CT molecular complexity index is 382. The maximum Gasteiger partial charge on any atom is 0.148 e. The third-order valence-corrected chi connectivity index (χ3v) is 5.50. The minimum atomic E-state index is -2.85. The van der Waals surface area contributed by atoms with Crippen molar-refractivity contribution < 1.29 is 13.2 Å². The molecule has 0 unspecified atom stereocenters. The van der Waals surface area contributed by atoms with E-state index in [-0.39, 0.29) is 5.75 Å². The third kappa shape index (κ3) is 3.25. The molecule has 0 bridgehead atoms. The molecule has 5 heteroatoms. The van der Waals surface area contributed by atoms with E-state index in [2.05, 4.69) is 4.90 Å². The fraction of sp³-hybridized carbons (Fsp3) is 1.00. The summed E-state index contributed by atoms with van der Waals surface area (Å²) in [6, 6.07) is 0. The van der Waals surface area contributed by atoms with E-state index in [0.29, 0.717) is 18.1 Å². The molecule has 1 heterocycles. The SMILES string of the molecule is CO[C@@H]1CCC[C@]12CCCN(CCS(C)(=O)=O)C2. The van der Waals surface area contributed by atoms with Gasteiger partial charge in [0.05, 0.1) is 11.9 Å². The monoisotopic (exact) mass is 275 g/mol. The summed E-state index contributed by atoms with van der Waals surface area (Å²) in [5.74, 6) is 0.279. The van der Waals surface area contributed by atoms with Gasteiger partial charge in [0, 0.05) is 31.9 Å². The number of likely N-dealkylation sites (tertiary alicyclic amines) is 1. The van der Waals surface area contributed by atoms with Crippen molar-refractivity contribution in [2.24, 2.45) is 5.41 Å². The molecule has 1 saturated heterocycles. The van der Waals surface area contributed by atoms with Crippen molar-refractivity contribution >= 4 is 9.84 Å². The summed E-state index contributed by atoms with van der Waals surface area (Å²) < 4.78 is 28.2. The van der Waals surface area contributed by atoms with E-state index in [1.807, 2.05) is 7.11 Å². The molecule has 0 aromatic rings. The molecule has 2 aliphatic rings. The Labute approximate surface area is 111 Å². The lowest BCUT2D eigenvalue weighted by atomic mass is 9.76. The molecule has 4 nitrogen and oxygen atoms in total.